The van der Waals surface area contributed by atoms with E-state index in [1.165, 1.54) is 0 Å². The summed E-state index contributed by atoms with van der Waals surface area (Å²) >= 11 is 0. The summed E-state index contributed by atoms with van der Waals surface area (Å²) < 4.78 is 37.8. The van der Waals surface area contributed by atoms with Crippen LogP contribution in [0.2, 0.25) is 0 Å². The van der Waals surface area contributed by atoms with Crippen molar-refractivity contribution in [1.82, 2.24) is 0 Å². The second-order valence-corrected chi connectivity index (χ2v) is 4.33. The summed E-state index contributed by atoms with van der Waals surface area (Å²) in [6, 6.07) is 0. The molecular weight excluding hydrogens is 191 g/mol. The van der Waals surface area contributed by atoms with Crippen molar-refractivity contribution >= 4 is 0 Å². The molecule has 14 heavy (non-hydrogen) atoms. The maximum atomic E-state index is 12.6. The predicted octanol–water partition coefficient (Wildman–Crippen LogP) is 2.34. The number of nitrogens with two attached hydrogens (primary N) is 1. The van der Waals surface area contributed by atoms with E-state index < -0.39 is 12.1 Å². The van der Waals surface area contributed by atoms with Crippen LogP contribution in [-0.4, -0.2) is 12.7 Å². The average molecular weight is 205 g/mol. The van der Waals surface area contributed by atoms with E-state index in [-0.39, 0.29) is 18.4 Å². The van der Waals surface area contributed by atoms with Crippen LogP contribution in [-0.2, 0) is 0 Å². The summed E-state index contributed by atoms with van der Waals surface area (Å²) in [7, 11) is 0. The summed E-state index contributed by atoms with van der Waals surface area (Å²) in [5, 5.41) is 0. The molecule has 0 radical (unpaired) electrons. The number of halogens is 3. The number of fused-ring (bicyclic) bond motifs is 2. The molecule has 2 aliphatic carbocycles. The van der Waals surface area contributed by atoms with Gasteiger partial charge in [0.2, 0.25) is 0 Å². The SMILES string of the molecule is NCC(C1CC2C=CC1C2)C(F)(F)F. The van der Waals surface area contributed by atoms with Gasteiger partial charge in [0.25, 0.3) is 0 Å². The van der Waals surface area contributed by atoms with Gasteiger partial charge < -0.3 is 5.73 Å². The van der Waals surface area contributed by atoms with Crippen LogP contribution in [0.5, 0.6) is 0 Å². The van der Waals surface area contributed by atoms with Crippen LogP contribution in [0.25, 0.3) is 0 Å². The molecule has 0 heterocycles. The third-order valence-corrected chi connectivity index (χ3v) is 3.52. The van der Waals surface area contributed by atoms with Crippen LogP contribution in [0, 0.1) is 23.7 Å². The lowest BCUT2D eigenvalue weighted by Gasteiger charge is -2.29. The zero-order valence-electron chi connectivity index (χ0n) is 7.80. The molecule has 1 saturated carbocycles. The number of allylic oxidation sites excluding steroid dienone is 2. The molecule has 2 rings (SSSR count). The minimum Gasteiger partial charge on any atom is -0.330 e. The van der Waals surface area contributed by atoms with Gasteiger partial charge in [0.1, 0.15) is 0 Å². The summed E-state index contributed by atoms with van der Waals surface area (Å²) in [5.41, 5.74) is 5.23. The van der Waals surface area contributed by atoms with Crippen molar-refractivity contribution in [3.05, 3.63) is 12.2 Å². The number of hydrogen-bond acceptors (Lipinski definition) is 1. The van der Waals surface area contributed by atoms with Crippen molar-refractivity contribution in [2.75, 3.05) is 6.54 Å². The minimum atomic E-state index is -4.13. The van der Waals surface area contributed by atoms with Gasteiger partial charge in [0.15, 0.2) is 0 Å². The van der Waals surface area contributed by atoms with Crippen LogP contribution < -0.4 is 5.73 Å². The number of alkyl halides is 3. The second kappa shape index (κ2) is 3.26. The van der Waals surface area contributed by atoms with Gasteiger partial charge in [-0.2, -0.15) is 13.2 Å². The summed E-state index contributed by atoms with van der Waals surface area (Å²) in [6.45, 7) is -0.273. The first-order valence-corrected chi connectivity index (χ1v) is 4.97. The highest BCUT2D eigenvalue weighted by Crippen LogP contribution is 2.50. The molecule has 1 fully saturated rings. The van der Waals surface area contributed by atoms with E-state index in [1.54, 1.807) is 0 Å². The normalized spacial score (nSPS) is 37.9. The number of hydrogen-bond donors (Lipinski definition) is 1. The molecule has 0 aromatic carbocycles. The van der Waals surface area contributed by atoms with Crippen molar-refractivity contribution in [1.29, 1.82) is 0 Å². The van der Waals surface area contributed by atoms with Crippen LogP contribution in [0.1, 0.15) is 12.8 Å². The molecule has 4 atom stereocenters. The zero-order chi connectivity index (χ0) is 10.3. The Morgan fingerprint density at radius 3 is 2.36 bits per heavy atom. The van der Waals surface area contributed by atoms with Gasteiger partial charge in [-0.15, -0.1) is 0 Å². The summed E-state index contributed by atoms with van der Waals surface area (Å²) in [4.78, 5) is 0. The first-order chi connectivity index (χ1) is 6.52. The Hall–Kier alpha value is -0.510. The van der Waals surface area contributed by atoms with Crippen molar-refractivity contribution < 1.29 is 13.2 Å². The van der Waals surface area contributed by atoms with Gasteiger partial charge in [0.05, 0.1) is 5.92 Å². The Bertz CT molecular complexity index is 246. The fraction of sp³-hybridized carbons (Fsp3) is 0.800. The molecule has 80 valence electrons. The molecule has 2 bridgehead atoms. The monoisotopic (exact) mass is 205 g/mol. The van der Waals surface area contributed by atoms with Gasteiger partial charge in [-0.3, -0.25) is 0 Å². The third-order valence-electron chi connectivity index (χ3n) is 3.52. The van der Waals surface area contributed by atoms with Crippen LogP contribution >= 0.6 is 0 Å². The molecule has 0 aromatic heterocycles. The first-order valence-electron chi connectivity index (χ1n) is 4.97. The Morgan fingerprint density at radius 2 is 2.00 bits per heavy atom. The highest BCUT2D eigenvalue weighted by Gasteiger charge is 2.50. The maximum absolute atomic E-state index is 12.6. The fourth-order valence-corrected chi connectivity index (χ4v) is 2.84. The van der Waals surface area contributed by atoms with E-state index in [9.17, 15) is 13.2 Å². The molecule has 4 heteroatoms. The standard InChI is InChI=1S/C10H14F3N/c11-10(12,13)9(5-14)8-4-6-1-2-7(8)3-6/h1-2,6-9H,3-5,14H2. The summed E-state index contributed by atoms with van der Waals surface area (Å²) in [5.74, 6) is -1.07. The summed E-state index contributed by atoms with van der Waals surface area (Å²) in [6.07, 6.45) is 1.43. The molecule has 2 aliphatic rings. The zero-order valence-corrected chi connectivity index (χ0v) is 7.80. The smallest absolute Gasteiger partial charge is 0.330 e. The van der Waals surface area contributed by atoms with E-state index in [0.717, 1.165) is 6.42 Å². The molecule has 1 nitrogen and oxygen atoms in total. The Kier molecular flexibility index (Phi) is 2.33. The van der Waals surface area contributed by atoms with E-state index in [0.29, 0.717) is 12.3 Å². The van der Waals surface area contributed by atoms with Crippen molar-refractivity contribution in [3.63, 3.8) is 0 Å². The maximum Gasteiger partial charge on any atom is 0.393 e. The quantitative estimate of drug-likeness (QED) is 0.688. The van der Waals surface area contributed by atoms with Crippen LogP contribution in [0.4, 0.5) is 13.2 Å². The molecule has 0 amide bonds. The lowest BCUT2D eigenvalue weighted by Crippen LogP contribution is -2.38. The van der Waals surface area contributed by atoms with Crippen LogP contribution in [0.3, 0.4) is 0 Å². The van der Waals surface area contributed by atoms with E-state index >= 15 is 0 Å². The highest BCUT2D eigenvalue weighted by atomic mass is 19.4. The van der Waals surface area contributed by atoms with E-state index in [2.05, 4.69) is 0 Å². The minimum absolute atomic E-state index is 0.121. The molecule has 2 N–H and O–H groups in total. The molecule has 0 saturated heterocycles. The molecule has 4 unspecified atom stereocenters. The topological polar surface area (TPSA) is 26.0 Å². The molecule has 0 aromatic rings. The Balaban J connectivity index is 2.10. The second-order valence-electron chi connectivity index (χ2n) is 4.33. The molecular formula is C10H14F3N. The Morgan fingerprint density at radius 1 is 1.29 bits per heavy atom. The highest BCUT2D eigenvalue weighted by molar-refractivity contribution is 5.11. The average Bonchev–Trinajstić information content (AvgIpc) is 2.63. The van der Waals surface area contributed by atoms with Crippen molar-refractivity contribution in [3.8, 4) is 0 Å². The van der Waals surface area contributed by atoms with Crippen molar-refractivity contribution in [2.24, 2.45) is 29.4 Å². The lowest BCUT2D eigenvalue weighted by atomic mass is 9.81. The van der Waals surface area contributed by atoms with E-state index in [1.807, 2.05) is 12.2 Å². The lowest BCUT2D eigenvalue weighted by molar-refractivity contribution is -0.188. The van der Waals surface area contributed by atoms with Crippen molar-refractivity contribution in [2.45, 2.75) is 19.0 Å². The third kappa shape index (κ3) is 1.56. The van der Waals surface area contributed by atoms with Gasteiger partial charge in [-0.05, 0) is 30.6 Å². The first kappa shape index (κ1) is 10.0. The van der Waals surface area contributed by atoms with Gasteiger partial charge in [0, 0.05) is 6.54 Å². The largest absolute Gasteiger partial charge is 0.393 e. The fourth-order valence-electron chi connectivity index (χ4n) is 2.84. The number of rotatable bonds is 2. The predicted molar refractivity (Wildman–Crippen MR) is 47.4 cm³/mol. The molecule has 0 aliphatic heterocycles. The van der Waals surface area contributed by atoms with Crippen LogP contribution in [0.15, 0.2) is 12.2 Å². The van der Waals surface area contributed by atoms with Gasteiger partial charge in [-0.1, -0.05) is 12.2 Å². The van der Waals surface area contributed by atoms with E-state index in [4.69, 9.17) is 5.73 Å². The molecule has 0 spiro atoms. The van der Waals surface area contributed by atoms with Gasteiger partial charge >= 0.3 is 6.18 Å². The van der Waals surface area contributed by atoms with Gasteiger partial charge in [-0.25, -0.2) is 0 Å². The Labute approximate surface area is 81.2 Å².